The molecule has 2 nitrogen and oxygen atoms in total. The Morgan fingerprint density at radius 1 is 1.06 bits per heavy atom. The van der Waals surface area contributed by atoms with Crippen molar-refractivity contribution in [1.82, 2.24) is 10.2 Å². The SMILES string of the molecule is CN(C)Cc1ccc(C2CCNCC2)cc1.Cl.Cl. The first-order valence-corrected chi connectivity index (χ1v) is 6.20. The Morgan fingerprint density at radius 3 is 2.11 bits per heavy atom. The highest BCUT2D eigenvalue weighted by Crippen LogP contribution is 2.25. The Morgan fingerprint density at radius 2 is 1.61 bits per heavy atom. The first kappa shape index (κ1) is 17.7. The molecule has 1 aliphatic rings. The molecule has 1 saturated heterocycles. The van der Waals surface area contributed by atoms with Crippen molar-refractivity contribution in [3.63, 3.8) is 0 Å². The maximum Gasteiger partial charge on any atom is 0.0227 e. The molecule has 0 amide bonds. The van der Waals surface area contributed by atoms with Gasteiger partial charge in [-0.05, 0) is 57.1 Å². The van der Waals surface area contributed by atoms with E-state index >= 15 is 0 Å². The molecule has 18 heavy (non-hydrogen) atoms. The quantitative estimate of drug-likeness (QED) is 0.921. The van der Waals surface area contributed by atoms with Crippen LogP contribution in [0, 0.1) is 0 Å². The summed E-state index contributed by atoms with van der Waals surface area (Å²) >= 11 is 0. The molecule has 1 fully saturated rings. The fraction of sp³-hybridized carbons (Fsp3) is 0.571. The summed E-state index contributed by atoms with van der Waals surface area (Å²) in [6.07, 6.45) is 2.57. The Bertz CT molecular complexity index is 319. The Labute approximate surface area is 123 Å². The van der Waals surface area contributed by atoms with Crippen LogP contribution >= 0.6 is 24.8 Å². The topological polar surface area (TPSA) is 15.3 Å². The number of benzene rings is 1. The molecule has 1 aromatic rings. The monoisotopic (exact) mass is 290 g/mol. The summed E-state index contributed by atoms with van der Waals surface area (Å²) in [5.41, 5.74) is 2.92. The van der Waals surface area contributed by atoms with Crippen LogP contribution in [0.15, 0.2) is 24.3 Å². The summed E-state index contributed by atoms with van der Waals surface area (Å²) in [4.78, 5) is 2.21. The summed E-state index contributed by atoms with van der Waals surface area (Å²) in [6.45, 7) is 3.38. The van der Waals surface area contributed by atoms with Gasteiger partial charge >= 0.3 is 0 Å². The van der Waals surface area contributed by atoms with Gasteiger partial charge in [-0.25, -0.2) is 0 Å². The zero-order chi connectivity index (χ0) is 11.4. The second kappa shape index (κ2) is 8.76. The van der Waals surface area contributed by atoms with Gasteiger partial charge in [-0.2, -0.15) is 0 Å². The molecular formula is C14H24Cl2N2. The normalized spacial score (nSPS) is 15.9. The third-order valence-corrected chi connectivity index (χ3v) is 3.29. The number of nitrogens with zero attached hydrogens (tertiary/aromatic N) is 1. The van der Waals surface area contributed by atoms with Crippen LogP contribution in [0.4, 0.5) is 0 Å². The van der Waals surface area contributed by atoms with E-state index in [1.807, 2.05) is 0 Å². The van der Waals surface area contributed by atoms with Gasteiger partial charge < -0.3 is 10.2 Å². The van der Waals surface area contributed by atoms with Gasteiger partial charge in [0.05, 0.1) is 0 Å². The van der Waals surface area contributed by atoms with E-state index in [0.717, 1.165) is 12.5 Å². The molecule has 2 rings (SSSR count). The molecule has 104 valence electrons. The molecule has 0 atom stereocenters. The largest absolute Gasteiger partial charge is 0.317 e. The van der Waals surface area contributed by atoms with Crippen LogP contribution in [0.1, 0.15) is 29.9 Å². The Hall–Kier alpha value is -0.280. The highest BCUT2D eigenvalue weighted by molar-refractivity contribution is 5.85. The minimum Gasteiger partial charge on any atom is -0.317 e. The second-order valence-electron chi connectivity index (χ2n) is 5.00. The highest BCUT2D eigenvalue weighted by atomic mass is 35.5. The van der Waals surface area contributed by atoms with Crippen molar-refractivity contribution in [1.29, 1.82) is 0 Å². The van der Waals surface area contributed by atoms with Crippen LogP contribution in [0.5, 0.6) is 0 Å². The van der Waals surface area contributed by atoms with Crippen molar-refractivity contribution in [3.05, 3.63) is 35.4 Å². The van der Waals surface area contributed by atoms with E-state index in [1.54, 1.807) is 0 Å². The zero-order valence-electron chi connectivity index (χ0n) is 11.2. The second-order valence-corrected chi connectivity index (χ2v) is 5.00. The fourth-order valence-corrected chi connectivity index (χ4v) is 2.42. The number of nitrogens with one attached hydrogen (secondary N) is 1. The molecule has 0 radical (unpaired) electrons. The Kier molecular flexibility index (Phi) is 8.62. The van der Waals surface area contributed by atoms with Gasteiger partial charge in [-0.3, -0.25) is 0 Å². The van der Waals surface area contributed by atoms with Crippen molar-refractivity contribution in [3.8, 4) is 0 Å². The van der Waals surface area contributed by atoms with Gasteiger partial charge in [-0.1, -0.05) is 24.3 Å². The number of halogens is 2. The lowest BCUT2D eigenvalue weighted by molar-refractivity contribution is 0.402. The summed E-state index contributed by atoms with van der Waals surface area (Å²) in [7, 11) is 4.22. The molecular weight excluding hydrogens is 267 g/mol. The van der Waals surface area contributed by atoms with Crippen LogP contribution < -0.4 is 5.32 Å². The van der Waals surface area contributed by atoms with Crippen molar-refractivity contribution < 1.29 is 0 Å². The van der Waals surface area contributed by atoms with E-state index in [9.17, 15) is 0 Å². The lowest BCUT2D eigenvalue weighted by atomic mass is 9.90. The van der Waals surface area contributed by atoms with E-state index in [4.69, 9.17) is 0 Å². The third-order valence-electron chi connectivity index (χ3n) is 3.29. The van der Waals surface area contributed by atoms with E-state index < -0.39 is 0 Å². The van der Waals surface area contributed by atoms with Gasteiger partial charge in [-0.15, -0.1) is 24.8 Å². The fourth-order valence-electron chi connectivity index (χ4n) is 2.42. The molecule has 4 heteroatoms. The maximum absolute atomic E-state index is 3.42. The van der Waals surface area contributed by atoms with E-state index in [-0.39, 0.29) is 24.8 Å². The molecule has 0 bridgehead atoms. The summed E-state index contributed by atoms with van der Waals surface area (Å²) in [6, 6.07) is 9.18. The van der Waals surface area contributed by atoms with Crippen molar-refractivity contribution in [2.24, 2.45) is 0 Å². The van der Waals surface area contributed by atoms with Gasteiger partial charge in [0, 0.05) is 6.54 Å². The van der Waals surface area contributed by atoms with Crippen LogP contribution in [0.25, 0.3) is 0 Å². The molecule has 1 aliphatic heterocycles. The number of piperidine rings is 1. The van der Waals surface area contributed by atoms with Gasteiger partial charge in [0.2, 0.25) is 0 Å². The molecule has 0 unspecified atom stereocenters. The van der Waals surface area contributed by atoms with E-state index in [2.05, 4.69) is 48.6 Å². The van der Waals surface area contributed by atoms with Crippen molar-refractivity contribution in [2.75, 3.05) is 27.2 Å². The van der Waals surface area contributed by atoms with E-state index in [1.165, 1.54) is 37.1 Å². The maximum atomic E-state index is 3.42. The van der Waals surface area contributed by atoms with Gasteiger partial charge in [0.25, 0.3) is 0 Å². The summed E-state index contributed by atoms with van der Waals surface area (Å²) < 4.78 is 0. The van der Waals surface area contributed by atoms with Crippen molar-refractivity contribution >= 4 is 24.8 Å². The number of rotatable bonds is 3. The smallest absolute Gasteiger partial charge is 0.0227 e. The van der Waals surface area contributed by atoms with E-state index in [0.29, 0.717) is 0 Å². The number of hydrogen-bond donors (Lipinski definition) is 1. The van der Waals surface area contributed by atoms with Crippen LogP contribution in [-0.4, -0.2) is 32.1 Å². The minimum absolute atomic E-state index is 0. The summed E-state index contributed by atoms with van der Waals surface area (Å²) in [5.74, 6) is 0.773. The minimum atomic E-state index is 0. The molecule has 1 heterocycles. The number of hydrogen-bond acceptors (Lipinski definition) is 2. The predicted octanol–water partition coefficient (Wildman–Crippen LogP) is 3.06. The van der Waals surface area contributed by atoms with Gasteiger partial charge in [0.15, 0.2) is 0 Å². The molecule has 0 aliphatic carbocycles. The first-order valence-electron chi connectivity index (χ1n) is 6.20. The first-order chi connectivity index (χ1) is 7.75. The molecule has 0 aromatic heterocycles. The van der Waals surface area contributed by atoms with Gasteiger partial charge in [0.1, 0.15) is 0 Å². The van der Waals surface area contributed by atoms with Crippen LogP contribution in [-0.2, 0) is 6.54 Å². The average Bonchev–Trinajstić information content (AvgIpc) is 2.30. The highest BCUT2D eigenvalue weighted by Gasteiger charge is 2.14. The van der Waals surface area contributed by atoms with Crippen molar-refractivity contribution in [2.45, 2.75) is 25.3 Å². The van der Waals surface area contributed by atoms with Crippen LogP contribution in [0.2, 0.25) is 0 Å². The molecule has 1 N–H and O–H groups in total. The molecule has 0 spiro atoms. The van der Waals surface area contributed by atoms with Crippen LogP contribution in [0.3, 0.4) is 0 Å². The average molecular weight is 291 g/mol. The molecule has 0 saturated carbocycles. The lowest BCUT2D eigenvalue weighted by Gasteiger charge is -2.23. The molecule has 1 aromatic carbocycles. The standard InChI is InChI=1S/C14H22N2.2ClH/c1-16(2)11-12-3-5-13(6-4-12)14-7-9-15-10-8-14;;/h3-6,14-15H,7-11H2,1-2H3;2*1H. The lowest BCUT2D eigenvalue weighted by Crippen LogP contribution is -2.26. The predicted molar refractivity (Wildman–Crippen MR) is 83.2 cm³/mol. The zero-order valence-corrected chi connectivity index (χ0v) is 12.8. The summed E-state index contributed by atoms with van der Waals surface area (Å²) in [5, 5.41) is 3.42. The Balaban J connectivity index is 0.00000144. The third kappa shape index (κ3) is 5.15.